The number of methoxy groups -OCH3 is 1. The second kappa shape index (κ2) is 10.3. The van der Waals surface area contributed by atoms with Crippen molar-refractivity contribution in [3.8, 4) is 23.5 Å². The first-order chi connectivity index (χ1) is 16.5. The summed E-state index contributed by atoms with van der Waals surface area (Å²) < 4.78 is 16.9. The van der Waals surface area contributed by atoms with Crippen molar-refractivity contribution in [3.05, 3.63) is 77.6 Å². The number of aldehydes is 1. The van der Waals surface area contributed by atoms with E-state index in [1.165, 1.54) is 25.3 Å². The number of aromatic carboxylic acids is 1. The number of allylic oxidation sites excluding steroid dienone is 3. The number of benzene rings is 2. The Morgan fingerprint density at radius 1 is 1.03 bits per heavy atom. The number of ether oxygens (including phenoxy) is 3. The molecule has 0 saturated carbocycles. The quantitative estimate of drug-likeness (QED) is 0.438. The Balaban J connectivity index is 1.67. The molecule has 2 N–H and O–H groups in total. The molecule has 10 nitrogen and oxygen atoms in total. The van der Waals surface area contributed by atoms with Crippen LogP contribution in [0.25, 0.3) is 0 Å². The Morgan fingerprint density at radius 3 is 2.56 bits per heavy atom. The van der Waals surface area contributed by atoms with Crippen LogP contribution < -0.4 is 19.5 Å². The maximum Gasteiger partial charge on any atom is 0.335 e. The van der Waals surface area contributed by atoms with Crippen molar-refractivity contribution in [2.75, 3.05) is 12.4 Å². The smallest absolute Gasteiger partial charge is 0.335 e. The van der Waals surface area contributed by atoms with Crippen LogP contribution >= 0.6 is 0 Å². The minimum Gasteiger partial charge on any atom is -0.493 e. The highest BCUT2D eigenvalue weighted by Gasteiger charge is 2.15. The maximum absolute atomic E-state index is 11.3. The van der Waals surface area contributed by atoms with Crippen molar-refractivity contribution < 1.29 is 28.9 Å². The molecule has 0 spiro atoms. The van der Waals surface area contributed by atoms with Crippen LogP contribution in [0.3, 0.4) is 0 Å². The van der Waals surface area contributed by atoms with Gasteiger partial charge in [-0.15, -0.1) is 4.98 Å². The Hall–Kier alpha value is -4.73. The Morgan fingerprint density at radius 2 is 1.85 bits per heavy atom. The topological polar surface area (TPSA) is 133 Å². The number of carboxylic acids is 1. The molecule has 1 aliphatic carbocycles. The zero-order valence-electron chi connectivity index (χ0n) is 18.1. The molecule has 1 heterocycles. The molecule has 172 valence electrons. The van der Waals surface area contributed by atoms with Gasteiger partial charge in [0.05, 0.1) is 12.7 Å². The summed E-state index contributed by atoms with van der Waals surface area (Å²) in [6.45, 7) is 0. The number of carbonyl (C=O) groups is 2. The summed E-state index contributed by atoms with van der Waals surface area (Å²) in [6.07, 6.45) is 8.15. The van der Waals surface area contributed by atoms with Crippen LogP contribution in [-0.4, -0.2) is 39.4 Å². The summed E-state index contributed by atoms with van der Waals surface area (Å²) in [5.41, 5.74) is 0.970. The molecule has 2 aromatic carbocycles. The van der Waals surface area contributed by atoms with E-state index in [0.29, 0.717) is 29.0 Å². The van der Waals surface area contributed by atoms with Gasteiger partial charge in [0, 0.05) is 11.3 Å². The van der Waals surface area contributed by atoms with Gasteiger partial charge in [-0.3, -0.25) is 4.79 Å². The number of anilines is 2. The van der Waals surface area contributed by atoms with Gasteiger partial charge in [0.2, 0.25) is 5.95 Å². The van der Waals surface area contributed by atoms with Gasteiger partial charge < -0.3 is 24.6 Å². The maximum atomic E-state index is 11.3. The lowest BCUT2D eigenvalue weighted by molar-refractivity contribution is 0.0696. The van der Waals surface area contributed by atoms with Crippen molar-refractivity contribution in [2.45, 2.75) is 12.8 Å². The fourth-order valence-electron chi connectivity index (χ4n) is 3.05. The highest BCUT2D eigenvalue weighted by molar-refractivity contribution is 5.89. The molecule has 0 amide bonds. The molecule has 34 heavy (non-hydrogen) atoms. The Bertz CT molecular complexity index is 1290. The zero-order valence-corrected chi connectivity index (χ0v) is 18.1. The van der Waals surface area contributed by atoms with Crippen LogP contribution in [0, 0.1) is 0 Å². The molecule has 0 atom stereocenters. The van der Waals surface area contributed by atoms with Crippen molar-refractivity contribution in [1.29, 1.82) is 0 Å². The number of aromatic nitrogens is 3. The normalized spacial score (nSPS) is 12.4. The van der Waals surface area contributed by atoms with Gasteiger partial charge in [0.25, 0.3) is 0 Å². The number of nitrogens with one attached hydrogen (secondary N) is 1. The first-order valence-corrected chi connectivity index (χ1v) is 10.3. The summed E-state index contributed by atoms with van der Waals surface area (Å²) in [5.74, 6) is 0.186. The lowest BCUT2D eigenvalue weighted by Gasteiger charge is -2.13. The lowest BCUT2D eigenvalue weighted by Crippen LogP contribution is -2.06. The summed E-state index contributed by atoms with van der Waals surface area (Å²) in [5, 5.41) is 12.2. The van der Waals surface area contributed by atoms with E-state index in [-0.39, 0.29) is 29.3 Å². The van der Waals surface area contributed by atoms with Gasteiger partial charge in [-0.25, -0.2) is 4.79 Å². The SMILES string of the molecule is COc1cc(C=O)ccc1Oc1nc(Nc2cccc(C(=O)O)c2)nc(OC2=CCCC=C2)n1. The Labute approximate surface area is 194 Å². The van der Waals surface area contributed by atoms with Gasteiger partial charge in [0.15, 0.2) is 11.5 Å². The predicted octanol–water partition coefficient (Wildman–Crippen LogP) is 4.54. The third-order valence-corrected chi connectivity index (χ3v) is 4.66. The van der Waals surface area contributed by atoms with E-state index >= 15 is 0 Å². The number of nitrogens with zero attached hydrogens (tertiary/aromatic N) is 3. The zero-order chi connectivity index (χ0) is 23.9. The van der Waals surface area contributed by atoms with Gasteiger partial charge in [-0.05, 0) is 61.4 Å². The molecule has 0 aliphatic heterocycles. The summed E-state index contributed by atoms with van der Waals surface area (Å²) >= 11 is 0. The summed E-state index contributed by atoms with van der Waals surface area (Å²) in [6, 6.07) is 10.7. The Kier molecular flexibility index (Phi) is 6.78. The number of carboxylic acid groups (broad SMARTS) is 1. The van der Waals surface area contributed by atoms with E-state index in [1.807, 2.05) is 18.2 Å². The highest BCUT2D eigenvalue weighted by Crippen LogP contribution is 2.32. The first kappa shape index (κ1) is 22.5. The molecule has 0 saturated heterocycles. The molecule has 3 aromatic rings. The summed E-state index contributed by atoms with van der Waals surface area (Å²) in [4.78, 5) is 35.1. The van der Waals surface area contributed by atoms with Crippen molar-refractivity contribution in [2.24, 2.45) is 0 Å². The molecular formula is C24H20N4O6. The molecule has 1 aromatic heterocycles. The standard InChI is InChI=1S/C24H20N4O6/c1-32-20-12-15(14-29)10-11-19(20)34-24-27-22(25-17-7-5-6-16(13-17)21(30)31)26-23(28-24)33-18-8-3-2-4-9-18/h3,5-14H,2,4H2,1H3,(H,30,31)(H,25,26,27,28). The average Bonchev–Trinajstić information content (AvgIpc) is 2.85. The van der Waals surface area contributed by atoms with Crippen LogP contribution in [-0.2, 0) is 0 Å². The monoisotopic (exact) mass is 460 g/mol. The number of carbonyl (C=O) groups excluding carboxylic acids is 1. The predicted molar refractivity (Wildman–Crippen MR) is 122 cm³/mol. The van der Waals surface area contributed by atoms with E-state index in [1.54, 1.807) is 24.3 Å². The molecule has 0 radical (unpaired) electrons. The van der Waals surface area contributed by atoms with Crippen LogP contribution in [0.2, 0.25) is 0 Å². The van der Waals surface area contributed by atoms with Gasteiger partial charge in [0.1, 0.15) is 12.0 Å². The van der Waals surface area contributed by atoms with Gasteiger partial charge >= 0.3 is 18.0 Å². The number of hydrogen-bond donors (Lipinski definition) is 2. The summed E-state index contributed by atoms with van der Waals surface area (Å²) in [7, 11) is 1.45. The fourth-order valence-corrected chi connectivity index (χ4v) is 3.05. The van der Waals surface area contributed by atoms with E-state index in [2.05, 4.69) is 20.3 Å². The molecule has 0 unspecified atom stereocenters. The lowest BCUT2D eigenvalue weighted by atomic mass is 10.2. The molecule has 1 aliphatic rings. The minimum atomic E-state index is -1.06. The third-order valence-electron chi connectivity index (χ3n) is 4.66. The van der Waals surface area contributed by atoms with Gasteiger partial charge in [-0.1, -0.05) is 12.1 Å². The number of rotatable bonds is 9. The first-order valence-electron chi connectivity index (χ1n) is 10.3. The van der Waals surface area contributed by atoms with Crippen LogP contribution in [0.4, 0.5) is 11.6 Å². The van der Waals surface area contributed by atoms with Gasteiger partial charge in [-0.2, -0.15) is 9.97 Å². The van der Waals surface area contributed by atoms with Crippen molar-refractivity contribution >= 4 is 23.9 Å². The second-order valence-corrected chi connectivity index (χ2v) is 7.05. The van der Waals surface area contributed by atoms with E-state index in [0.717, 1.165) is 12.8 Å². The molecule has 4 rings (SSSR count). The molecule has 10 heteroatoms. The van der Waals surface area contributed by atoms with Crippen LogP contribution in [0.1, 0.15) is 33.6 Å². The fraction of sp³-hybridized carbons (Fsp3) is 0.125. The third kappa shape index (κ3) is 5.54. The molecule has 0 bridgehead atoms. The number of hydrogen-bond acceptors (Lipinski definition) is 9. The van der Waals surface area contributed by atoms with E-state index in [4.69, 9.17) is 14.2 Å². The van der Waals surface area contributed by atoms with E-state index in [9.17, 15) is 14.7 Å². The average molecular weight is 460 g/mol. The van der Waals surface area contributed by atoms with Crippen LogP contribution in [0.5, 0.6) is 23.5 Å². The minimum absolute atomic E-state index is 0.0248. The largest absolute Gasteiger partial charge is 0.493 e. The van der Waals surface area contributed by atoms with Crippen molar-refractivity contribution in [1.82, 2.24) is 15.0 Å². The van der Waals surface area contributed by atoms with E-state index < -0.39 is 5.97 Å². The molecule has 0 fully saturated rings. The van der Waals surface area contributed by atoms with Crippen molar-refractivity contribution in [3.63, 3.8) is 0 Å². The highest BCUT2D eigenvalue weighted by atomic mass is 16.5. The second-order valence-electron chi connectivity index (χ2n) is 7.05. The molecular weight excluding hydrogens is 440 g/mol. The van der Waals surface area contributed by atoms with Crippen LogP contribution in [0.15, 0.2) is 66.5 Å².